The zero-order valence-electron chi connectivity index (χ0n) is 10.7. The Kier molecular flexibility index (Phi) is 3.08. The molecule has 96 valence electrons. The summed E-state index contributed by atoms with van der Waals surface area (Å²) in [6.45, 7) is 2.03. The van der Waals surface area contributed by atoms with Crippen molar-refractivity contribution in [2.45, 2.75) is 16.6 Å². The van der Waals surface area contributed by atoms with Crippen LogP contribution in [0.3, 0.4) is 0 Å². The minimum atomic E-state index is 0.186. The number of nitrogens with zero attached hydrogens (tertiary/aromatic N) is 1. The maximum absolute atomic E-state index is 12.5. The third kappa shape index (κ3) is 1.93. The number of rotatable bonds is 1. The van der Waals surface area contributed by atoms with Crippen molar-refractivity contribution in [2.75, 3.05) is 27.2 Å². The van der Waals surface area contributed by atoms with E-state index in [1.807, 2.05) is 30.0 Å². The molecule has 2 aliphatic heterocycles. The van der Waals surface area contributed by atoms with Gasteiger partial charge in [-0.25, -0.2) is 0 Å². The number of carbonyl (C=O) groups is 1. The van der Waals surface area contributed by atoms with Gasteiger partial charge in [0, 0.05) is 28.2 Å². The van der Waals surface area contributed by atoms with Crippen LogP contribution in [0.15, 0.2) is 23.1 Å². The van der Waals surface area contributed by atoms with Gasteiger partial charge in [-0.2, -0.15) is 0 Å². The molecule has 0 bridgehead atoms. The van der Waals surface area contributed by atoms with Gasteiger partial charge in [0.15, 0.2) is 5.78 Å². The quantitative estimate of drug-likeness (QED) is 0.777. The standard InChI is InChI=1S/C14H17NO2S/c1-15-6-5-10-13(8-15)18-12-4-3-9(17-2)7-11(12)14(10)16/h3-4,7,10,13H,5-6,8H2,1-2H3. The highest BCUT2D eigenvalue weighted by Crippen LogP contribution is 2.42. The predicted octanol–water partition coefficient (Wildman–Crippen LogP) is 2.30. The molecule has 0 spiro atoms. The van der Waals surface area contributed by atoms with Crippen LogP contribution in [0, 0.1) is 5.92 Å². The Morgan fingerprint density at radius 1 is 1.44 bits per heavy atom. The fourth-order valence-corrected chi connectivity index (χ4v) is 4.30. The molecule has 3 rings (SSSR count). The number of Topliss-reactive ketones (excluding diaryl/α,β-unsaturated/α-hetero) is 1. The Bertz CT molecular complexity index is 489. The van der Waals surface area contributed by atoms with Crippen LogP contribution >= 0.6 is 11.8 Å². The number of thioether (sulfide) groups is 1. The first-order valence-corrected chi connectivity index (χ1v) is 7.14. The summed E-state index contributed by atoms with van der Waals surface area (Å²) in [6.07, 6.45) is 0.976. The summed E-state index contributed by atoms with van der Waals surface area (Å²) in [4.78, 5) is 16.0. The van der Waals surface area contributed by atoms with Crippen molar-refractivity contribution < 1.29 is 9.53 Å². The Morgan fingerprint density at radius 3 is 3.06 bits per heavy atom. The maximum atomic E-state index is 12.5. The average molecular weight is 263 g/mol. The van der Waals surface area contributed by atoms with Crippen LogP contribution in [0.1, 0.15) is 16.8 Å². The second-order valence-corrected chi connectivity index (χ2v) is 6.32. The topological polar surface area (TPSA) is 29.5 Å². The summed E-state index contributed by atoms with van der Waals surface area (Å²) < 4.78 is 5.21. The maximum Gasteiger partial charge on any atom is 0.168 e. The van der Waals surface area contributed by atoms with E-state index in [9.17, 15) is 4.79 Å². The Morgan fingerprint density at radius 2 is 2.28 bits per heavy atom. The average Bonchev–Trinajstić information content (AvgIpc) is 2.38. The first-order valence-electron chi connectivity index (χ1n) is 6.26. The molecule has 0 aliphatic carbocycles. The zero-order chi connectivity index (χ0) is 12.7. The molecule has 2 unspecified atom stereocenters. The van der Waals surface area contributed by atoms with E-state index >= 15 is 0 Å². The highest BCUT2D eigenvalue weighted by atomic mass is 32.2. The van der Waals surface area contributed by atoms with Crippen LogP contribution in [0.25, 0.3) is 0 Å². The first kappa shape index (κ1) is 12.1. The van der Waals surface area contributed by atoms with Gasteiger partial charge in [0.05, 0.1) is 7.11 Å². The van der Waals surface area contributed by atoms with Crippen molar-refractivity contribution in [3.05, 3.63) is 23.8 Å². The van der Waals surface area contributed by atoms with Crippen LogP contribution < -0.4 is 4.74 Å². The molecule has 0 radical (unpaired) electrons. The predicted molar refractivity (Wildman–Crippen MR) is 72.6 cm³/mol. The fourth-order valence-electron chi connectivity index (χ4n) is 2.78. The Balaban J connectivity index is 1.97. The van der Waals surface area contributed by atoms with Crippen molar-refractivity contribution in [3.8, 4) is 5.75 Å². The number of methoxy groups -OCH3 is 1. The van der Waals surface area contributed by atoms with Gasteiger partial charge in [0.25, 0.3) is 0 Å². The van der Waals surface area contributed by atoms with E-state index in [-0.39, 0.29) is 5.92 Å². The molecule has 18 heavy (non-hydrogen) atoms. The molecular formula is C14H17NO2S. The number of ether oxygens (including phenoxy) is 1. The summed E-state index contributed by atoms with van der Waals surface area (Å²) in [6, 6.07) is 5.84. The van der Waals surface area contributed by atoms with E-state index in [2.05, 4.69) is 11.9 Å². The van der Waals surface area contributed by atoms with Crippen molar-refractivity contribution in [1.29, 1.82) is 0 Å². The van der Waals surface area contributed by atoms with Gasteiger partial charge >= 0.3 is 0 Å². The lowest BCUT2D eigenvalue weighted by molar-refractivity contribution is 0.0856. The number of hydrogen-bond acceptors (Lipinski definition) is 4. The SMILES string of the molecule is COc1ccc2c(c1)C(=O)C1CCN(C)CC1S2. The van der Waals surface area contributed by atoms with Crippen molar-refractivity contribution in [1.82, 2.24) is 4.90 Å². The van der Waals surface area contributed by atoms with Gasteiger partial charge in [0.2, 0.25) is 0 Å². The first-order chi connectivity index (χ1) is 8.69. The van der Waals surface area contributed by atoms with Crippen molar-refractivity contribution in [2.24, 2.45) is 5.92 Å². The van der Waals surface area contributed by atoms with Crippen LogP contribution in [-0.2, 0) is 0 Å². The number of hydrogen-bond donors (Lipinski definition) is 0. The highest BCUT2D eigenvalue weighted by molar-refractivity contribution is 8.00. The minimum absolute atomic E-state index is 0.186. The lowest BCUT2D eigenvalue weighted by Crippen LogP contribution is -2.45. The van der Waals surface area contributed by atoms with Crippen molar-refractivity contribution >= 4 is 17.5 Å². The molecule has 4 heteroatoms. The van der Waals surface area contributed by atoms with Crippen LogP contribution in [0.2, 0.25) is 0 Å². The summed E-state index contributed by atoms with van der Waals surface area (Å²) in [5.41, 5.74) is 0.852. The molecular weight excluding hydrogens is 246 g/mol. The molecule has 2 heterocycles. The number of ketones is 1. The molecule has 2 aliphatic rings. The van der Waals surface area contributed by atoms with Gasteiger partial charge < -0.3 is 9.64 Å². The molecule has 0 aromatic heterocycles. The fraction of sp³-hybridized carbons (Fsp3) is 0.500. The highest BCUT2D eigenvalue weighted by Gasteiger charge is 2.39. The largest absolute Gasteiger partial charge is 0.497 e. The summed E-state index contributed by atoms with van der Waals surface area (Å²) in [5, 5.41) is 0.414. The normalized spacial score (nSPS) is 27.6. The van der Waals surface area contributed by atoms with E-state index in [1.165, 1.54) is 0 Å². The van der Waals surface area contributed by atoms with Gasteiger partial charge in [-0.05, 0) is 38.2 Å². The zero-order valence-corrected chi connectivity index (χ0v) is 11.5. The third-order valence-electron chi connectivity index (χ3n) is 3.83. The molecule has 1 aromatic carbocycles. The smallest absolute Gasteiger partial charge is 0.168 e. The lowest BCUT2D eigenvalue weighted by atomic mass is 9.88. The second kappa shape index (κ2) is 4.59. The van der Waals surface area contributed by atoms with Gasteiger partial charge in [-0.1, -0.05) is 0 Å². The Hall–Kier alpha value is -1.00. The van der Waals surface area contributed by atoms with Gasteiger partial charge in [0.1, 0.15) is 5.75 Å². The van der Waals surface area contributed by atoms with E-state index in [0.717, 1.165) is 35.7 Å². The lowest BCUT2D eigenvalue weighted by Gasteiger charge is -2.38. The second-order valence-electron chi connectivity index (χ2n) is 5.04. The third-order valence-corrected chi connectivity index (χ3v) is 5.22. The van der Waals surface area contributed by atoms with Gasteiger partial charge in [-0.3, -0.25) is 4.79 Å². The number of benzene rings is 1. The molecule has 0 saturated carbocycles. The van der Waals surface area contributed by atoms with Crippen LogP contribution in [0.5, 0.6) is 5.75 Å². The molecule has 0 amide bonds. The van der Waals surface area contributed by atoms with E-state index < -0.39 is 0 Å². The van der Waals surface area contributed by atoms with Gasteiger partial charge in [-0.15, -0.1) is 11.8 Å². The molecule has 2 atom stereocenters. The van der Waals surface area contributed by atoms with E-state index in [4.69, 9.17) is 4.74 Å². The van der Waals surface area contributed by atoms with Crippen molar-refractivity contribution in [3.63, 3.8) is 0 Å². The molecule has 1 aromatic rings. The number of fused-ring (bicyclic) bond motifs is 2. The monoisotopic (exact) mass is 263 g/mol. The summed E-state index contributed by atoms with van der Waals surface area (Å²) in [5.74, 6) is 1.26. The number of likely N-dealkylation sites (tertiary alicyclic amines) is 1. The van der Waals surface area contributed by atoms with Crippen LogP contribution in [-0.4, -0.2) is 43.2 Å². The summed E-state index contributed by atoms with van der Waals surface area (Å²) in [7, 11) is 3.77. The van der Waals surface area contributed by atoms with Crippen LogP contribution in [0.4, 0.5) is 0 Å². The van der Waals surface area contributed by atoms with E-state index in [0.29, 0.717) is 11.0 Å². The Labute approximate surface area is 111 Å². The summed E-state index contributed by atoms with van der Waals surface area (Å²) >= 11 is 1.85. The molecule has 3 nitrogen and oxygen atoms in total. The molecule has 0 N–H and O–H groups in total. The molecule has 1 fully saturated rings. The number of piperidine rings is 1. The molecule has 1 saturated heterocycles. The minimum Gasteiger partial charge on any atom is -0.497 e. The van der Waals surface area contributed by atoms with E-state index in [1.54, 1.807) is 7.11 Å². The number of carbonyl (C=O) groups excluding carboxylic acids is 1.